The number of hydrogen-bond acceptors (Lipinski definition) is 4. The first kappa shape index (κ1) is 15.3. The van der Waals surface area contributed by atoms with E-state index >= 15 is 0 Å². The quantitative estimate of drug-likeness (QED) is 0.912. The summed E-state index contributed by atoms with van der Waals surface area (Å²) in [5.74, 6) is 0.527. The van der Waals surface area contributed by atoms with Crippen LogP contribution >= 0.6 is 0 Å². The summed E-state index contributed by atoms with van der Waals surface area (Å²) in [7, 11) is 1.54. The van der Waals surface area contributed by atoms with Crippen LogP contribution in [-0.2, 0) is 7.05 Å². The zero-order valence-corrected chi connectivity index (χ0v) is 13.0. The number of carbonyl (C=O) groups is 1. The lowest BCUT2D eigenvalue weighted by molar-refractivity contribution is 0.0704. The Balaban J connectivity index is 1.66. The van der Waals surface area contributed by atoms with Crippen molar-refractivity contribution in [1.29, 1.82) is 0 Å². The third kappa shape index (κ3) is 3.26. The molecule has 0 radical (unpaired) electrons. The molecule has 6 nitrogen and oxygen atoms in total. The minimum absolute atomic E-state index is 0.134. The van der Waals surface area contributed by atoms with Crippen LogP contribution in [0.4, 0.5) is 0 Å². The molecule has 0 spiro atoms. The van der Waals surface area contributed by atoms with Gasteiger partial charge in [0.2, 0.25) is 0 Å². The summed E-state index contributed by atoms with van der Waals surface area (Å²) in [6, 6.07) is 10.1. The summed E-state index contributed by atoms with van der Waals surface area (Å²) in [6.07, 6.45) is 1.75. The molecule has 1 aliphatic rings. The Hall–Kier alpha value is -2.63. The predicted molar refractivity (Wildman–Crippen MR) is 85.5 cm³/mol. The summed E-state index contributed by atoms with van der Waals surface area (Å²) in [5, 5.41) is 13.4. The SMILES string of the molecule is Cn1nc(C(=O)N2CCC(c3ccc(O)cc3)CC2)ccc1=O. The van der Waals surface area contributed by atoms with E-state index in [4.69, 9.17) is 0 Å². The van der Waals surface area contributed by atoms with Crippen LogP contribution in [-0.4, -0.2) is 38.8 Å². The molecule has 0 bridgehead atoms. The van der Waals surface area contributed by atoms with Crippen LogP contribution in [0.5, 0.6) is 5.75 Å². The average molecular weight is 313 g/mol. The van der Waals surface area contributed by atoms with Gasteiger partial charge in [0, 0.05) is 26.2 Å². The van der Waals surface area contributed by atoms with Gasteiger partial charge in [-0.15, -0.1) is 0 Å². The van der Waals surface area contributed by atoms with Crippen LogP contribution in [0.2, 0.25) is 0 Å². The van der Waals surface area contributed by atoms with Crippen LogP contribution in [0, 0.1) is 0 Å². The molecule has 6 heteroatoms. The van der Waals surface area contributed by atoms with E-state index in [2.05, 4.69) is 5.10 Å². The van der Waals surface area contributed by atoms with Gasteiger partial charge in [-0.1, -0.05) is 12.1 Å². The molecule has 1 fully saturated rings. The van der Waals surface area contributed by atoms with Crippen molar-refractivity contribution in [3.63, 3.8) is 0 Å². The average Bonchev–Trinajstić information content (AvgIpc) is 2.57. The molecule has 1 aromatic carbocycles. The molecule has 0 saturated carbocycles. The van der Waals surface area contributed by atoms with Gasteiger partial charge in [0.25, 0.3) is 11.5 Å². The monoisotopic (exact) mass is 313 g/mol. The highest BCUT2D eigenvalue weighted by Crippen LogP contribution is 2.29. The molecule has 1 aliphatic heterocycles. The predicted octanol–water partition coefficient (Wildman–Crippen LogP) is 1.51. The summed E-state index contributed by atoms with van der Waals surface area (Å²) >= 11 is 0. The summed E-state index contributed by atoms with van der Waals surface area (Å²) in [4.78, 5) is 25.6. The Morgan fingerprint density at radius 1 is 1.13 bits per heavy atom. The van der Waals surface area contributed by atoms with Crippen molar-refractivity contribution in [3.8, 4) is 5.75 Å². The molecular formula is C17H19N3O3. The minimum Gasteiger partial charge on any atom is -0.508 e. The standard InChI is InChI=1S/C17H19N3O3/c1-19-16(22)7-6-15(18-19)17(23)20-10-8-13(9-11-20)12-2-4-14(21)5-3-12/h2-7,13,21H,8-11H2,1H3. The van der Waals surface area contributed by atoms with Gasteiger partial charge >= 0.3 is 0 Å². The van der Waals surface area contributed by atoms with Crippen molar-refractivity contribution in [2.75, 3.05) is 13.1 Å². The van der Waals surface area contributed by atoms with Crippen molar-refractivity contribution >= 4 is 5.91 Å². The van der Waals surface area contributed by atoms with Crippen LogP contribution in [0.25, 0.3) is 0 Å². The number of likely N-dealkylation sites (tertiary alicyclic amines) is 1. The number of piperidine rings is 1. The third-order valence-electron chi connectivity index (χ3n) is 4.33. The second-order valence-corrected chi connectivity index (χ2v) is 5.84. The van der Waals surface area contributed by atoms with Gasteiger partial charge in [0.1, 0.15) is 11.4 Å². The number of nitrogens with zero attached hydrogens (tertiary/aromatic N) is 3. The van der Waals surface area contributed by atoms with E-state index in [0.29, 0.717) is 24.7 Å². The normalized spacial score (nSPS) is 15.6. The van der Waals surface area contributed by atoms with Crippen molar-refractivity contribution in [1.82, 2.24) is 14.7 Å². The van der Waals surface area contributed by atoms with Gasteiger partial charge in [-0.3, -0.25) is 9.59 Å². The summed E-state index contributed by atoms with van der Waals surface area (Å²) in [6.45, 7) is 1.32. The second kappa shape index (κ2) is 6.24. The van der Waals surface area contributed by atoms with Crippen LogP contribution in [0.3, 0.4) is 0 Å². The highest BCUT2D eigenvalue weighted by molar-refractivity contribution is 5.92. The molecule has 0 aliphatic carbocycles. The molecule has 120 valence electrons. The number of benzene rings is 1. The lowest BCUT2D eigenvalue weighted by atomic mass is 9.89. The number of rotatable bonds is 2. The largest absolute Gasteiger partial charge is 0.508 e. The van der Waals surface area contributed by atoms with Crippen molar-refractivity contribution < 1.29 is 9.90 Å². The smallest absolute Gasteiger partial charge is 0.274 e. The number of hydrogen-bond donors (Lipinski definition) is 1. The molecule has 1 N–H and O–H groups in total. The fraction of sp³-hybridized carbons (Fsp3) is 0.353. The Morgan fingerprint density at radius 3 is 2.39 bits per heavy atom. The van der Waals surface area contributed by atoms with Gasteiger partial charge in [0.15, 0.2) is 0 Å². The zero-order valence-electron chi connectivity index (χ0n) is 13.0. The van der Waals surface area contributed by atoms with E-state index in [0.717, 1.165) is 12.8 Å². The maximum Gasteiger partial charge on any atom is 0.274 e. The molecule has 1 saturated heterocycles. The fourth-order valence-corrected chi connectivity index (χ4v) is 2.94. The molecular weight excluding hydrogens is 294 g/mol. The van der Waals surface area contributed by atoms with Crippen LogP contribution in [0.15, 0.2) is 41.2 Å². The van der Waals surface area contributed by atoms with Gasteiger partial charge in [-0.25, -0.2) is 4.68 Å². The summed E-state index contributed by atoms with van der Waals surface area (Å²) in [5.41, 5.74) is 1.26. The number of amides is 1. The first-order chi connectivity index (χ1) is 11.0. The molecule has 0 unspecified atom stereocenters. The first-order valence-electron chi connectivity index (χ1n) is 7.67. The number of phenolic OH excluding ortho intramolecular Hbond substituents is 1. The van der Waals surface area contributed by atoms with Gasteiger partial charge in [-0.2, -0.15) is 5.10 Å². The highest BCUT2D eigenvalue weighted by Gasteiger charge is 2.25. The van der Waals surface area contributed by atoms with Gasteiger partial charge in [0.05, 0.1) is 0 Å². The highest BCUT2D eigenvalue weighted by atomic mass is 16.3. The van der Waals surface area contributed by atoms with Gasteiger partial charge < -0.3 is 10.0 Å². The maximum absolute atomic E-state index is 12.5. The Kier molecular flexibility index (Phi) is 4.14. The Morgan fingerprint density at radius 2 is 1.78 bits per heavy atom. The molecule has 2 heterocycles. The van der Waals surface area contributed by atoms with E-state index in [1.165, 1.54) is 29.4 Å². The second-order valence-electron chi connectivity index (χ2n) is 5.84. The van der Waals surface area contributed by atoms with E-state index in [-0.39, 0.29) is 17.2 Å². The molecule has 2 aromatic rings. The number of phenols is 1. The van der Waals surface area contributed by atoms with E-state index < -0.39 is 0 Å². The number of aryl methyl sites for hydroxylation is 1. The zero-order chi connectivity index (χ0) is 16.4. The number of aromatic nitrogens is 2. The lowest BCUT2D eigenvalue weighted by Gasteiger charge is -2.32. The topological polar surface area (TPSA) is 75.4 Å². The maximum atomic E-state index is 12.5. The fourth-order valence-electron chi connectivity index (χ4n) is 2.94. The molecule has 23 heavy (non-hydrogen) atoms. The van der Waals surface area contributed by atoms with Gasteiger partial charge in [-0.05, 0) is 42.5 Å². The molecule has 1 amide bonds. The summed E-state index contributed by atoms with van der Waals surface area (Å²) < 4.78 is 1.18. The van der Waals surface area contributed by atoms with Crippen molar-refractivity contribution in [2.24, 2.45) is 7.05 Å². The van der Waals surface area contributed by atoms with Crippen LogP contribution in [0.1, 0.15) is 34.8 Å². The van der Waals surface area contributed by atoms with E-state index in [1.54, 1.807) is 17.0 Å². The Bertz CT molecular complexity index is 759. The van der Waals surface area contributed by atoms with E-state index in [1.807, 2.05) is 12.1 Å². The number of carbonyl (C=O) groups excluding carboxylic acids is 1. The molecule has 1 aromatic heterocycles. The lowest BCUT2D eigenvalue weighted by Crippen LogP contribution is -2.39. The minimum atomic E-state index is -0.229. The first-order valence-corrected chi connectivity index (χ1v) is 7.67. The van der Waals surface area contributed by atoms with E-state index in [9.17, 15) is 14.7 Å². The molecule has 3 rings (SSSR count). The van der Waals surface area contributed by atoms with Crippen LogP contribution < -0.4 is 5.56 Å². The number of aromatic hydroxyl groups is 1. The van der Waals surface area contributed by atoms with Crippen molar-refractivity contribution in [2.45, 2.75) is 18.8 Å². The van der Waals surface area contributed by atoms with Crippen molar-refractivity contribution in [3.05, 3.63) is 58.0 Å². The molecule has 0 atom stereocenters. The Labute approximate surface area is 134 Å². The third-order valence-corrected chi connectivity index (χ3v) is 4.33.